The first kappa shape index (κ1) is 13.2. The number of pyridine rings is 1. The molecule has 0 spiro atoms. The number of rotatable bonds is 4. The van der Waals surface area contributed by atoms with E-state index in [1.807, 2.05) is 22.6 Å². The number of alkyl halides is 2. The average molecular weight is 342 g/mol. The van der Waals surface area contributed by atoms with Crippen molar-refractivity contribution >= 4 is 28.6 Å². The zero-order chi connectivity index (χ0) is 12.3. The van der Waals surface area contributed by atoms with Crippen LogP contribution < -0.4 is 5.73 Å². The van der Waals surface area contributed by atoms with Gasteiger partial charge in [-0.3, -0.25) is 4.79 Å². The Labute approximate surface area is 104 Å². The summed E-state index contributed by atoms with van der Waals surface area (Å²) in [6.07, 6.45) is -3.02. The molecule has 0 saturated carbocycles. The molecule has 1 heterocycles. The molecule has 3 N–H and O–H groups in total. The molecule has 1 aromatic rings. The topological polar surface area (TPSA) is 76.2 Å². The van der Waals surface area contributed by atoms with Crippen LogP contribution in [0.15, 0.2) is 6.07 Å². The van der Waals surface area contributed by atoms with Gasteiger partial charge in [-0.25, -0.2) is 13.8 Å². The van der Waals surface area contributed by atoms with Crippen LogP contribution in [0.3, 0.4) is 0 Å². The maximum absolute atomic E-state index is 12.6. The van der Waals surface area contributed by atoms with E-state index in [0.717, 1.165) is 6.07 Å². The van der Waals surface area contributed by atoms with E-state index in [2.05, 4.69) is 4.98 Å². The molecule has 0 aliphatic rings. The molecule has 0 radical (unpaired) electrons. The summed E-state index contributed by atoms with van der Waals surface area (Å²) in [5, 5.41) is 8.60. The Hall–Kier alpha value is -0.830. The van der Waals surface area contributed by atoms with Crippen LogP contribution in [0, 0.1) is 3.70 Å². The zero-order valence-corrected chi connectivity index (χ0v) is 10.2. The molecule has 1 rings (SSSR count). The van der Waals surface area contributed by atoms with Gasteiger partial charge in [-0.15, -0.1) is 0 Å². The van der Waals surface area contributed by atoms with Crippen LogP contribution >= 0.6 is 22.6 Å². The van der Waals surface area contributed by atoms with Crippen molar-refractivity contribution < 1.29 is 18.7 Å². The Balaban J connectivity index is 3.21. The third-order valence-corrected chi connectivity index (χ3v) is 2.87. The van der Waals surface area contributed by atoms with Gasteiger partial charge in [0.25, 0.3) is 6.43 Å². The maximum Gasteiger partial charge on any atom is 0.307 e. The third-order valence-electron chi connectivity index (χ3n) is 1.93. The summed E-state index contributed by atoms with van der Waals surface area (Å²) in [6, 6.07) is 1.16. The number of nitrogens with two attached hydrogens (primary N) is 1. The minimum absolute atomic E-state index is 0.0942. The molecule has 0 bridgehead atoms. The van der Waals surface area contributed by atoms with Crippen molar-refractivity contribution in [1.29, 1.82) is 0 Å². The molecule has 7 heteroatoms. The summed E-state index contributed by atoms with van der Waals surface area (Å²) in [6.45, 7) is -0.0942. The number of hydrogen-bond acceptors (Lipinski definition) is 3. The van der Waals surface area contributed by atoms with Crippen molar-refractivity contribution in [3.05, 3.63) is 26.6 Å². The van der Waals surface area contributed by atoms with Crippen LogP contribution in [0.5, 0.6) is 0 Å². The summed E-state index contributed by atoms with van der Waals surface area (Å²) >= 11 is 1.81. The molecule has 88 valence electrons. The fourth-order valence-electron chi connectivity index (χ4n) is 1.22. The van der Waals surface area contributed by atoms with Crippen LogP contribution in [-0.4, -0.2) is 16.1 Å². The SMILES string of the molecule is NCc1nc(I)c(CC(=O)O)cc1C(F)F. The van der Waals surface area contributed by atoms with Gasteiger partial charge in [0.05, 0.1) is 12.1 Å². The molecule has 0 aliphatic heterocycles. The Morgan fingerprint density at radius 3 is 2.69 bits per heavy atom. The van der Waals surface area contributed by atoms with E-state index in [9.17, 15) is 13.6 Å². The number of aromatic nitrogens is 1. The highest BCUT2D eigenvalue weighted by Crippen LogP contribution is 2.25. The number of carboxylic acid groups (broad SMARTS) is 1. The predicted octanol–water partition coefficient (Wildman–Crippen LogP) is 1.71. The highest BCUT2D eigenvalue weighted by Gasteiger charge is 2.17. The second-order valence-corrected chi connectivity index (χ2v) is 4.07. The van der Waals surface area contributed by atoms with Gasteiger partial charge < -0.3 is 10.8 Å². The number of carbonyl (C=O) groups is 1. The number of carboxylic acids is 1. The first-order valence-electron chi connectivity index (χ1n) is 4.34. The summed E-state index contributed by atoms with van der Waals surface area (Å²) in [5.41, 5.74) is 5.38. The average Bonchev–Trinajstić information content (AvgIpc) is 2.19. The van der Waals surface area contributed by atoms with Crippen molar-refractivity contribution in [2.24, 2.45) is 5.73 Å². The summed E-state index contributed by atoms with van der Waals surface area (Å²) in [4.78, 5) is 14.4. The van der Waals surface area contributed by atoms with Gasteiger partial charge in [0.1, 0.15) is 3.70 Å². The minimum atomic E-state index is -2.70. The molecule has 1 aromatic heterocycles. The largest absolute Gasteiger partial charge is 0.481 e. The van der Waals surface area contributed by atoms with Crippen molar-refractivity contribution in [1.82, 2.24) is 4.98 Å². The molecule has 4 nitrogen and oxygen atoms in total. The van der Waals surface area contributed by atoms with Crippen molar-refractivity contribution in [2.45, 2.75) is 19.4 Å². The second kappa shape index (κ2) is 5.48. The van der Waals surface area contributed by atoms with E-state index in [1.165, 1.54) is 0 Å². The standard InChI is InChI=1S/C9H9F2IN2O2/c10-8(11)5-1-4(2-7(15)16)9(12)14-6(5)3-13/h1,8H,2-3,13H2,(H,15,16). The Morgan fingerprint density at radius 2 is 2.25 bits per heavy atom. The summed E-state index contributed by atoms with van der Waals surface area (Å²) in [7, 11) is 0. The number of nitrogens with zero attached hydrogens (tertiary/aromatic N) is 1. The van der Waals surface area contributed by atoms with Gasteiger partial charge >= 0.3 is 5.97 Å². The highest BCUT2D eigenvalue weighted by molar-refractivity contribution is 14.1. The second-order valence-electron chi connectivity index (χ2n) is 3.05. The van der Waals surface area contributed by atoms with E-state index in [-0.39, 0.29) is 29.8 Å². The molecule has 0 aromatic carbocycles. The number of hydrogen-bond donors (Lipinski definition) is 2. The van der Waals surface area contributed by atoms with Crippen LogP contribution in [0.4, 0.5) is 8.78 Å². The first-order valence-corrected chi connectivity index (χ1v) is 5.41. The van der Waals surface area contributed by atoms with Gasteiger partial charge in [-0.1, -0.05) is 0 Å². The summed E-state index contributed by atoms with van der Waals surface area (Å²) in [5.74, 6) is -1.08. The molecule has 0 amide bonds. The fourth-order valence-corrected chi connectivity index (χ4v) is 1.86. The van der Waals surface area contributed by atoms with E-state index in [4.69, 9.17) is 10.8 Å². The Bertz CT molecular complexity index is 413. The van der Waals surface area contributed by atoms with Crippen molar-refractivity contribution in [2.75, 3.05) is 0 Å². The van der Waals surface area contributed by atoms with Crippen LogP contribution in [0.1, 0.15) is 23.2 Å². The number of aliphatic carboxylic acids is 1. The molecule has 0 aliphatic carbocycles. The number of halogens is 3. The van der Waals surface area contributed by atoms with E-state index >= 15 is 0 Å². The molecule has 0 saturated heterocycles. The Kier molecular flexibility index (Phi) is 4.54. The summed E-state index contributed by atoms with van der Waals surface area (Å²) < 4.78 is 25.6. The van der Waals surface area contributed by atoms with Crippen molar-refractivity contribution in [3.63, 3.8) is 0 Å². The van der Waals surface area contributed by atoms with E-state index < -0.39 is 12.4 Å². The minimum Gasteiger partial charge on any atom is -0.481 e. The lowest BCUT2D eigenvalue weighted by Gasteiger charge is -2.10. The Morgan fingerprint density at radius 1 is 1.62 bits per heavy atom. The van der Waals surface area contributed by atoms with Gasteiger partial charge in [-0.2, -0.15) is 0 Å². The van der Waals surface area contributed by atoms with Crippen molar-refractivity contribution in [3.8, 4) is 0 Å². The van der Waals surface area contributed by atoms with Crippen LogP contribution in [0.2, 0.25) is 0 Å². The van der Waals surface area contributed by atoms with Gasteiger partial charge in [0.2, 0.25) is 0 Å². The van der Waals surface area contributed by atoms with Gasteiger partial charge in [0.15, 0.2) is 0 Å². The van der Waals surface area contributed by atoms with Gasteiger partial charge in [0, 0.05) is 12.1 Å². The van der Waals surface area contributed by atoms with Gasteiger partial charge in [-0.05, 0) is 34.2 Å². The molecule has 0 fully saturated rings. The smallest absolute Gasteiger partial charge is 0.307 e. The fraction of sp³-hybridized carbons (Fsp3) is 0.333. The van der Waals surface area contributed by atoms with Crippen LogP contribution in [-0.2, 0) is 17.8 Å². The quantitative estimate of drug-likeness (QED) is 0.645. The molecule has 0 unspecified atom stereocenters. The third kappa shape index (κ3) is 3.08. The maximum atomic E-state index is 12.6. The lowest BCUT2D eigenvalue weighted by molar-refractivity contribution is -0.136. The molecule has 0 atom stereocenters. The lowest BCUT2D eigenvalue weighted by atomic mass is 10.1. The van der Waals surface area contributed by atoms with E-state index in [0.29, 0.717) is 3.70 Å². The monoisotopic (exact) mass is 342 g/mol. The molecular weight excluding hydrogens is 333 g/mol. The van der Waals surface area contributed by atoms with Crippen LogP contribution in [0.25, 0.3) is 0 Å². The lowest BCUT2D eigenvalue weighted by Crippen LogP contribution is -2.11. The predicted molar refractivity (Wildman–Crippen MR) is 61.1 cm³/mol. The first-order chi connectivity index (χ1) is 7.45. The normalized spacial score (nSPS) is 10.8. The molecular formula is C9H9F2IN2O2. The zero-order valence-electron chi connectivity index (χ0n) is 8.08. The van der Waals surface area contributed by atoms with E-state index in [1.54, 1.807) is 0 Å². The molecule has 16 heavy (non-hydrogen) atoms. The highest BCUT2D eigenvalue weighted by atomic mass is 127.